The van der Waals surface area contributed by atoms with Crippen molar-refractivity contribution < 1.29 is 14.6 Å². The minimum absolute atomic E-state index is 0.110. The van der Waals surface area contributed by atoms with Gasteiger partial charge in [-0.05, 0) is 12.5 Å². The van der Waals surface area contributed by atoms with E-state index in [4.69, 9.17) is 4.74 Å². The summed E-state index contributed by atoms with van der Waals surface area (Å²) in [6, 6.07) is 9.36. The number of hydrogen-bond donors (Lipinski definition) is 3. The third-order valence-electron chi connectivity index (χ3n) is 2.96. The summed E-state index contributed by atoms with van der Waals surface area (Å²) in [7, 11) is 0. The molecule has 1 aromatic carbocycles. The molecule has 0 aliphatic heterocycles. The van der Waals surface area contributed by atoms with Crippen LogP contribution in [-0.4, -0.2) is 35.4 Å². The van der Waals surface area contributed by atoms with Crippen LogP contribution in [0.2, 0.25) is 0 Å². The van der Waals surface area contributed by atoms with Gasteiger partial charge >= 0.3 is 6.03 Å². The molecule has 0 fully saturated rings. The number of aliphatic hydroxyl groups is 1. The first kappa shape index (κ1) is 16.4. The highest BCUT2D eigenvalue weighted by molar-refractivity contribution is 7.13. The smallest absolute Gasteiger partial charge is 0.321 e. The number of carbonyl (C=O) groups excluding carboxylic acids is 1. The highest BCUT2D eigenvalue weighted by atomic mass is 32.1. The largest absolute Gasteiger partial charge is 0.389 e. The molecule has 0 saturated carbocycles. The Morgan fingerprint density at radius 2 is 2.18 bits per heavy atom. The van der Waals surface area contributed by atoms with Crippen molar-refractivity contribution in [2.75, 3.05) is 18.5 Å². The number of anilines is 1. The number of benzene rings is 1. The number of thiazole rings is 1. The second-order valence-electron chi connectivity index (χ2n) is 4.71. The Bertz CT molecular complexity index is 563. The molecule has 3 N–H and O–H groups in total. The number of aliphatic hydroxyl groups excluding tert-OH is 1. The molecule has 2 atom stereocenters. The van der Waals surface area contributed by atoms with Crippen LogP contribution in [0.25, 0.3) is 0 Å². The fourth-order valence-corrected chi connectivity index (χ4v) is 2.30. The van der Waals surface area contributed by atoms with Crippen LogP contribution >= 0.6 is 11.3 Å². The average molecular weight is 321 g/mol. The zero-order chi connectivity index (χ0) is 15.8. The van der Waals surface area contributed by atoms with Crippen LogP contribution in [-0.2, 0) is 4.74 Å². The van der Waals surface area contributed by atoms with Gasteiger partial charge in [-0.3, -0.25) is 5.32 Å². The SMILES string of the molecule is CC(OCC(O)CNC(=O)Nc1nccs1)c1ccccc1. The Morgan fingerprint density at radius 1 is 1.41 bits per heavy atom. The number of nitrogens with zero attached hydrogens (tertiary/aromatic N) is 1. The van der Waals surface area contributed by atoms with Crippen molar-refractivity contribution in [1.82, 2.24) is 10.3 Å². The number of ether oxygens (including phenoxy) is 1. The Morgan fingerprint density at radius 3 is 2.86 bits per heavy atom. The Kier molecular flexibility index (Phi) is 6.32. The molecule has 1 aromatic heterocycles. The molecule has 0 spiro atoms. The zero-order valence-electron chi connectivity index (χ0n) is 12.2. The van der Waals surface area contributed by atoms with Gasteiger partial charge in [0.25, 0.3) is 0 Å². The second-order valence-corrected chi connectivity index (χ2v) is 5.61. The average Bonchev–Trinajstić information content (AvgIpc) is 3.04. The lowest BCUT2D eigenvalue weighted by Crippen LogP contribution is -2.37. The van der Waals surface area contributed by atoms with Gasteiger partial charge in [0, 0.05) is 18.1 Å². The first-order valence-electron chi connectivity index (χ1n) is 6.94. The monoisotopic (exact) mass is 321 g/mol. The number of aromatic nitrogens is 1. The standard InChI is InChI=1S/C15H19N3O3S/c1-11(12-5-3-2-4-6-12)21-10-13(19)9-17-14(20)18-15-16-7-8-22-15/h2-8,11,13,19H,9-10H2,1H3,(H2,16,17,18,20). The molecule has 6 nitrogen and oxygen atoms in total. The zero-order valence-corrected chi connectivity index (χ0v) is 13.0. The van der Waals surface area contributed by atoms with Crippen molar-refractivity contribution in [3.05, 3.63) is 47.5 Å². The highest BCUT2D eigenvalue weighted by Crippen LogP contribution is 2.15. The summed E-state index contributed by atoms with van der Waals surface area (Å²) < 4.78 is 5.60. The van der Waals surface area contributed by atoms with Gasteiger partial charge in [0.2, 0.25) is 0 Å². The minimum atomic E-state index is -0.770. The van der Waals surface area contributed by atoms with E-state index in [1.54, 1.807) is 11.6 Å². The van der Waals surface area contributed by atoms with Crippen LogP contribution in [0.3, 0.4) is 0 Å². The van der Waals surface area contributed by atoms with Gasteiger partial charge in [-0.1, -0.05) is 30.3 Å². The van der Waals surface area contributed by atoms with E-state index < -0.39 is 12.1 Å². The first-order chi connectivity index (χ1) is 10.6. The van der Waals surface area contributed by atoms with Crippen molar-refractivity contribution in [3.63, 3.8) is 0 Å². The first-order valence-corrected chi connectivity index (χ1v) is 7.82. The summed E-state index contributed by atoms with van der Waals surface area (Å²) in [5, 5.41) is 17.3. The topological polar surface area (TPSA) is 83.5 Å². The molecule has 0 aliphatic rings. The molecule has 0 saturated heterocycles. The van der Waals surface area contributed by atoms with E-state index in [9.17, 15) is 9.90 Å². The van der Waals surface area contributed by atoms with Crippen LogP contribution in [0.15, 0.2) is 41.9 Å². The van der Waals surface area contributed by atoms with Gasteiger partial charge < -0.3 is 15.2 Å². The van der Waals surface area contributed by atoms with E-state index in [2.05, 4.69) is 15.6 Å². The summed E-state index contributed by atoms with van der Waals surface area (Å²) >= 11 is 1.33. The number of rotatable bonds is 7. The van der Waals surface area contributed by atoms with Crippen molar-refractivity contribution in [2.24, 2.45) is 0 Å². The minimum Gasteiger partial charge on any atom is -0.389 e. The van der Waals surface area contributed by atoms with Crippen LogP contribution < -0.4 is 10.6 Å². The Balaban J connectivity index is 1.65. The lowest BCUT2D eigenvalue weighted by atomic mass is 10.1. The molecule has 0 radical (unpaired) electrons. The summed E-state index contributed by atoms with van der Waals surface area (Å²) in [6.07, 6.45) is 0.724. The predicted molar refractivity (Wildman–Crippen MR) is 86.0 cm³/mol. The third kappa shape index (κ3) is 5.44. The van der Waals surface area contributed by atoms with Crippen molar-refractivity contribution in [2.45, 2.75) is 19.1 Å². The van der Waals surface area contributed by atoms with Crippen molar-refractivity contribution in [3.8, 4) is 0 Å². The summed E-state index contributed by atoms with van der Waals surface area (Å²) in [4.78, 5) is 15.5. The van der Waals surface area contributed by atoms with E-state index in [1.807, 2.05) is 37.3 Å². The second kappa shape index (κ2) is 8.47. The molecular formula is C15H19N3O3S. The normalized spacial score (nSPS) is 13.4. The quantitative estimate of drug-likeness (QED) is 0.731. The number of nitrogens with one attached hydrogen (secondary N) is 2. The summed E-state index contributed by atoms with van der Waals surface area (Å²) in [6.45, 7) is 2.18. The lowest BCUT2D eigenvalue weighted by Gasteiger charge is -2.17. The van der Waals surface area contributed by atoms with Gasteiger partial charge in [-0.2, -0.15) is 0 Å². The molecule has 2 rings (SSSR count). The number of urea groups is 1. The molecule has 1 heterocycles. The van der Waals surface area contributed by atoms with Crippen LogP contribution in [0.4, 0.5) is 9.93 Å². The summed E-state index contributed by atoms with van der Waals surface area (Å²) in [5.74, 6) is 0. The Hall–Kier alpha value is -1.96. The highest BCUT2D eigenvalue weighted by Gasteiger charge is 2.11. The van der Waals surface area contributed by atoms with Gasteiger partial charge in [0.15, 0.2) is 5.13 Å². The summed E-state index contributed by atoms with van der Waals surface area (Å²) in [5.41, 5.74) is 1.05. The van der Waals surface area contributed by atoms with Crippen molar-refractivity contribution in [1.29, 1.82) is 0 Å². The van der Waals surface area contributed by atoms with Gasteiger partial charge in [-0.25, -0.2) is 9.78 Å². The van der Waals surface area contributed by atoms with E-state index in [-0.39, 0.29) is 19.3 Å². The molecule has 0 bridgehead atoms. The molecular weight excluding hydrogens is 302 g/mol. The maximum absolute atomic E-state index is 11.6. The van der Waals surface area contributed by atoms with Gasteiger partial charge in [0.05, 0.1) is 18.8 Å². The molecule has 22 heavy (non-hydrogen) atoms. The van der Waals surface area contributed by atoms with Gasteiger partial charge in [-0.15, -0.1) is 11.3 Å². The van der Waals surface area contributed by atoms with Crippen LogP contribution in [0.5, 0.6) is 0 Å². The third-order valence-corrected chi connectivity index (χ3v) is 3.65. The molecule has 2 aromatic rings. The maximum Gasteiger partial charge on any atom is 0.321 e. The molecule has 118 valence electrons. The fraction of sp³-hybridized carbons (Fsp3) is 0.333. The Labute approximate surface area is 133 Å². The van der Waals surface area contributed by atoms with E-state index in [0.29, 0.717) is 5.13 Å². The van der Waals surface area contributed by atoms with E-state index >= 15 is 0 Å². The lowest BCUT2D eigenvalue weighted by molar-refractivity contribution is -0.000953. The molecule has 2 unspecified atom stereocenters. The maximum atomic E-state index is 11.6. The number of amides is 2. The van der Waals surface area contributed by atoms with Crippen LogP contribution in [0.1, 0.15) is 18.6 Å². The van der Waals surface area contributed by atoms with Crippen molar-refractivity contribution >= 4 is 22.5 Å². The number of carbonyl (C=O) groups is 1. The molecule has 2 amide bonds. The van der Waals surface area contributed by atoms with E-state index in [1.165, 1.54) is 11.3 Å². The van der Waals surface area contributed by atoms with E-state index in [0.717, 1.165) is 5.56 Å². The van der Waals surface area contributed by atoms with Crippen LogP contribution in [0, 0.1) is 0 Å². The molecule has 7 heteroatoms. The fourth-order valence-electron chi connectivity index (χ4n) is 1.77. The number of hydrogen-bond acceptors (Lipinski definition) is 5. The van der Waals surface area contributed by atoms with Gasteiger partial charge in [0.1, 0.15) is 0 Å². The molecule has 0 aliphatic carbocycles. The predicted octanol–water partition coefficient (Wildman–Crippen LogP) is 2.40.